The summed E-state index contributed by atoms with van der Waals surface area (Å²) in [6, 6.07) is 6.58. The standard InChI is InChI=1S/C17H19N5O3/c1-16(12-6-2-5-9-19-12)14(24)22(15(25)21-16)10-13(23)20-17(11-18)7-3-4-8-17/h2,5-6,9H,3-4,7-8,10H2,1H3,(H,20,23)(H,21,25)/t16-/m0/s1. The fourth-order valence-corrected chi connectivity index (χ4v) is 3.37. The van der Waals surface area contributed by atoms with Gasteiger partial charge in [-0.05, 0) is 44.7 Å². The van der Waals surface area contributed by atoms with Crippen molar-refractivity contribution < 1.29 is 14.4 Å². The van der Waals surface area contributed by atoms with Gasteiger partial charge in [-0.15, -0.1) is 0 Å². The van der Waals surface area contributed by atoms with Gasteiger partial charge in [0.05, 0.1) is 11.8 Å². The van der Waals surface area contributed by atoms with Crippen LogP contribution in [0.25, 0.3) is 0 Å². The summed E-state index contributed by atoms with van der Waals surface area (Å²) < 4.78 is 0. The number of nitriles is 1. The zero-order valence-electron chi connectivity index (χ0n) is 13.9. The van der Waals surface area contributed by atoms with E-state index in [9.17, 15) is 19.6 Å². The van der Waals surface area contributed by atoms with Crippen molar-refractivity contribution in [2.45, 2.75) is 43.7 Å². The van der Waals surface area contributed by atoms with Crippen molar-refractivity contribution in [1.82, 2.24) is 20.5 Å². The Morgan fingerprint density at radius 1 is 1.40 bits per heavy atom. The van der Waals surface area contributed by atoms with Crippen molar-refractivity contribution in [1.29, 1.82) is 5.26 Å². The van der Waals surface area contributed by atoms with Crippen molar-refractivity contribution in [2.75, 3.05) is 6.54 Å². The molecule has 2 N–H and O–H groups in total. The molecule has 2 heterocycles. The number of carbonyl (C=O) groups excluding carboxylic acids is 3. The minimum atomic E-state index is -1.31. The molecule has 1 saturated heterocycles. The SMILES string of the molecule is C[C@@]1(c2ccccn2)NC(=O)N(CC(=O)NC2(C#N)CCCC2)C1=O. The molecule has 2 aliphatic rings. The first kappa shape index (κ1) is 16.9. The normalized spacial score (nSPS) is 24.7. The third kappa shape index (κ3) is 2.93. The van der Waals surface area contributed by atoms with Gasteiger partial charge in [0.1, 0.15) is 12.1 Å². The quantitative estimate of drug-likeness (QED) is 0.786. The number of nitrogens with one attached hydrogen (secondary N) is 2. The molecule has 1 atom stereocenters. The number of carbonyl (C=O) groups is 3. The van der Waals surface area contributed by atoms with Crippen LogP contribution in [0.5, 0.6) is 0 Å². The zero-order valence-corrected chi connectivity index (χ0v) is 13.9. The lowest BCUT2D eigenvalue weighted by molar-refractivity contribution is -0.135. The molecule has 0 bridgehead atoms. The number of nitrogens with zero attached hydrogens (tertiary/aromatic N) is 3. The highest BCUT2D eigenvalue weighted by atomic mass is 16.2. The lowest BCUT2D eigenvalue weighted by Crippen LogP contribution is -2.50. The molecule has 1 aliphatic carbocycles. The molecule has 8 heteroatoms. The van der Waals surface area contributed by atoms with Crippen LogP contribution >= 0.6 is 0 Å². The third-order valence-corrected chi connectivity index (χ3v) is 4.80. The first-order chi connectivity index (χ1) is 11.9. The van der Waals surface area contributed by atoms with Crippen LogP contribution in [0.2, 0.25) is 0 Å². The Morgan fingerprint density at radius 3 is 2.72 bits per heavy atom. The van der Waals surface area contributed by atoms with Crippen LogP contribution in [-0.4, -0.2) is 39.8 Å². The van der Waals surface area contributed by atoms with Gasteiger partial charge in [-0.2, -0.15) is 5.26 Å². The highest BCUT2D eigenvalue weighted by molar-refractivity contribution is 6.09. The maximum atomic E-state index is 12.7. The number of aromatic nitrogens is 1. The van der Waals surface area contributed by atoms with Crippen LogP contribution in [-0.2, 0) is 15.1 Å². The first-order valence-electron chi connectivity index (χ1n) is 8.18. The topological polar surface area (TPSA) is 115 Å². The van der Waals surface area contributed by atoms with Crippen molar-refractivity contribution >= 4 is 17.8 Å². The predicted octanol–water partition coefficient (Wildman–Crippen LogP) is 0.801. The summed E-state index contributed by atoms with van der Waals surface area (Å²) in [5.74, 6) is -1.05. The molecule has 1 saturated carbocycles. The molecule has 0 aromatic carbocycles. The number of hydrogen-bond donors (Lipinski definition) is 2. The van der Waals surface area contributed by atoms with Crippen LogP contribution < -0.4 is 10.6 Å². The van der Waals surface area contributed by atoms with Gasteiger partial charge in [0.25, 0.3) is 5.91 Å². The van der Waals surface area contributed by atoms with Crippen LogP contribution in [0, 0.1) is 11.3 Å². The second-order valence-electron chi connectivity index (χ2n) is 6.61. The van der Waals surface area contributed by atoms with Crippen LogP contribution in [0.1, 0.15) is 38.3 Å². The van der Waals surface area contributed by atoms with Gasteiger partial charge in [0.15, 0.2) is 5.54 Å². The summed E-state index contributed by atoms with van der Waals surface area (Å²) in [5.41, 5.74) is -1.79. The molecule has 2 fully saturated rings. The fourth-order valence-electron chi connectivity index (χ4n) is 3.37. The lowest BCUT2D eigenvalue weighted by Gasteiger charge is -2.24. The van der Waals surface area contributed by atoms with E-state index in [2.05, 4.69) is 21.7 Å². The van der Waals surface area contributed by atoms with E-state index in [0.29, 0.717) is 18.5 Å². The molecule has 1 aromatic heterocycles. The molecule has 130 valence electrons. The van der Waals surface area contributed by atoms with Crippen LogP contribution in [0.3, 0.4) is 0 Å². The zero-order chi connectivity index (χ0) is 18.1. The highest BCUT2D eigenvalue weighted by Gasteiger charge is 2.50. The minimum absolute atomic E-state index is 0.403. The molecular weight excluding hydrogens is 322 g/mol. The molecule has 0 unspecified atom stereocenters. The molecule has 1 aromatic rings. The van der Waals surface area contributed by atoms with E-state index in [0.717, 1.165) is 17.7 Å². The lowest BCUT2D eigenvalue weighted by atomic mass is 9.97. The van der Waals surface area contributed by atoms with Gasteiger partial charge in [0, 0.05) is 6.20 Å². The molecule has 0 spiro atoms. The summed E-state index contributed by atoms with van der Waals surface area (Å²) >= 11 is 0. The van der Waals surface area contributed by atoms with E-state index in [1.165, 1.54) is 6.20 Å². The Hall–Kier alpha value is -2.95. The van der Waals surface area contributed by atoms with E-state index >= 15 is 0 Å². The number of hydrogen-bond acceptors (Lipinski definition) is 5. The van der Waals surface area contributed by atoms with Gasteiger partial charge in [-0.25, -0.2) is 4.79 Å². The molecule has 25 heavy (non-hydrogen) atoms. The van der Waals surface area contributed by atoms with Crippen molar-refractivity contribution in [3.8, 4) is 6.07 Å². The maximum Gasteiger partial charge on any atom is 0.325 e. The number of imide groups is 1. The van der Waals surface area contributed by atoms with Gasteiger partial charge in [-0.1, -0.05) is 6.07 Å². The fraction of sp³-hybridized carbons (Fsp3) is 0.471. The smallest absolute Gasteiger partial charge is 0.325 e. The van der Waals surface area contributed by atoms with Crippen molar-refractivity contribution in [3.63, 3.8) is 0 Å². The van der Waals surface area contributed by atoms with Crippen molar-refractivity contribution in [2.24, 2.45) is 0 Å². The molecule has 3 rings (SSSR count). The van der Waals surface area contributed by atoms with E-state index < -0.39 is 35.5 Å². The van der Waals surface area contributed by atoms with E-state index in [1.54, 1.807) is 25.1 Å². The average molecular weight is 341 g/mol. The maximum absolute atomic E-state index is 12.7. The van der Waals surface area contributed by atoms with Gasteiger partial charge < -0.3 is 10.6 Å². The summed E-state index contributed by atoms with van der Waals surface area (Å²) in [4.78, 5) is 42.2. The number of urea groups is 1. The predicted molar refractivity (Wildman–Crippen MR) is 86.8 cm³/mol. The molecule has 1 aliphatic heterocycles. The molecule has 8 nitrogen and oxygen atoms in total. The monoisotopic (exact) mass is 341 g/mol. The second kappa shape index (κ2) is 6.16. The summed E-state index contributed by atoms with van der Waals surface area (Å²) in [5, 5.41) is 14.6. The van der Waals surface area contributed by atoms with E-state index in [4.69, 9.17) is 0 Å². The van der Waals surface area contributed by atoms with E-state index in [1.807, 2.05) is 0 Å². The Labute approximate surface area is 145 Å². The second-order valence-corrected chi connectivity index (χ2v) is 6.61. The van der Waals surface area contributed by atoms with Gasteiger partial charge in [0.2, 0.25) is 5.91 Å². The van der Waals surface area contributed by atoms with E-state index in [-0.39, 0.29) is 0 Å². The Kier molecular flexibility index (Phi) is 4.17. The summed E-state index contributed by atoms with van der Waals surface area (Å²) in [7, 11) is 0. The highest BCUT2D eigenvalue weighted by Crippen LogP contribution is 2.30. The third-order valence-electron chi connectivity index (χ3n) is 4.80. The first-order valence-corrected chi connectivity index (χ1v) is 8.18. The average Bonchev–Trinajstić information content (AvgIpc) is 3.15. The van der Waals surface area contributed by atoms with Crippen LogP contribution in [0.4, 0.5) is 4.79 Å². The van der Waals surface area contributed by atoms with Crippen molar-refractivity contribution in [3.05, 3.63) is 30.1 Å². The number of amides is 4. The minimum Gasteiger partial charge on any atom is -0.336 e. The molecule has 4 amide bonds. The molecular formula is C17H19N5O3. The van der Waals surface area contributed by atoms with Crippen LogP contribution in [0.15, 0.2) is 24.4 Å². The number of pyridine rings is 1. The Balaban J connectivity index is 1.73. The van der Waals surface area contributed by atoms with Gasteiger partial charge >= 0.3 is 6.03 Å². The molecule has 0 radical (unpaired) electrons. The summed E-state index contributed by atoms with van der Waals surface area (Å²) in [6.45, 7) is 1.14. The summed E-state index contributed by atoms with van der Waals surface area (Å²) in [6.07, 6.45) is 4.44. The van der Waals surface area contributed by atoms with Gasteiger partial charge in [-0.3, -0.25) is 19.5 Å². The largest absolute Gasteiger partial charge is 0.336 e. The number of rotatable bonds is 4. The Morgan fingerprint density at radius 2 is 2.12 bits per heavy atom. The Bertz CT molecular complexity index is 751.